The Hall–Kier alpha value is -3.15. The summed E-state index contributed by atoms with van der Waals surface area (Å²) < 4.78 is 24.7. The molecule has 1 atom stereocenters. The lowest BCUT2D eigenvalue weighted by Gasteiger charge is -2.23. The fourth-order valence-electron chi connectivity index (χ4n) is 3.12. The Morgan fingerprint density at radius 3 is 2.55 bits per heavy atom. The Kier molecular flexibility index (Phi) is 6.65. The molecule has 5 nitrogen and oxygen atoms in total. The second-order valence-electron chi connectivity index (χ2n) is 7.16. The summed E-state index contributed by atoms with van der Waals surface area (Å²) in [7, 11) is 1.62. The molecule has 3 aromatic rings. The Labute approximate surface area is 169 Å². The van der Waals surface area contributed by atoms with Crippen LogP contribution < -0.4 is 10.1 Å². The molecule has 0 aliphatic heterocycles. The lowest BCUT2D eigenvalue weighted by Crippen LogP contribution is -2.31. The molecule has 0 spiro atoms. The van der Waals surface area contributed by atoms with Crippen LogP contribution in [0.2, 0.25) is 0 Å². The minimum atomic E-state index is -0.368. The van der Waals surface area contributed by atoms with E-state index in [0.29, 0.717) is 23.6 Å². The summed E-state index contributed by atoms with van der Waals surface area (Å²) in [5.74, 6) is 1.30. The number of hydrogen-bond acceptors (Lipinski definition) is 4. The Morgan fingerprint density at radius 2 is 1.90 bits per heavy atom. The highest BCUT2D eigenvalue weighted by Gasteiger charge is 2.19. The average Bonchev–Trinajstić information content (AvgIpc) is 3.19. The minimum absolute atomic E-state index is 0.0924. The zero-order valence-corrected chi connectivity index (χ0v) is 16.8. The van der Waals surface area contributed by atoms with Crippen LogP contribution >= 0.6 is 0 Å². The summed E-state index contributed by atoms with van der Waals surface area (Å²) in [5.41, 5.74) is 1.38. The number of rotatable bonds is 8. The molecule has 0 aliphatic rings. The molecule has 2 aromatic carbocycles. The maximum absolute atomic E-state index is 13.9. The smallest absolute Gasteiger partial charge is 0.221 e. The second-order valence-corrected chi connectivity index (χ2v) is 7.16. The van der Waals surface area contributed by atoms with Crippen molar-refractivity contribution in [2.24, 2.45) is 5.92 Å². The number of amides is 1. The first-order chi connectivity index (χ1) is 14.0. The number of ether oxygens (including phenoxy) is 1. The highest BCUT2D eigenvalue weighted by molar-refractivity contribution is 5.76. The van der Waals surface area contributed by atoms with Crippen LogP contribution in [-0.4, -0.2) is 18.0 Å². The molecule has 1 heterocycles. The van der Waals surface area contributed by atoms with Crippen LogP contribution in [0.3, 0.4) is 0 Å². The van der Waals surface area contributed by atoms with Crippen molar-refractivity contribution in [3.8, 4) is 17.1 Å². The van der Waals surface area contributed by atoms with Gasteiger partial charge >= 0.3 is 0 Å². The van der Waals surface area contributed by atoms with Gasteiger partial charge in [-0.3, -0.25) is 4.79 Å². The van der Waals surface area contributed by atoms with E-state index in [1.165, 1.54) is 12.3 Å². The maximum Gasteiger partial charge on any atom is 0.221 e. The van der Waals surface area contributed by atoms with Crippen LogP contribution in [0.25, 0.3) is 11.3 Å². The number of hydrogen-bond donors (Lipinski definition) is 1. The first-order valence-corrected chi connectivity index (χ1v) is 9.61. The Bertz CT molecular complexity index is 951. The topological polar surface area (TPSA) is 64.4 Å². The molecular formula is C23H25FN2O3. The van der Waals surface area contributed by atoms with E-state index in [9.17, 15) is 9.18 Å². The van der Waals surface area contributed by atoms with E-state index in [-0.39, 0.29) is 30.1 Å². The van der Waals surface area contributed by atoms with Gasteiger partial charge in [0, 0.05) is 12.8 Å². The fourth-order valence-corrected chi connectivity index (χ4v) is 3.12. The summed E-state index contributed by atoms with van der Waals surface area (Å²) in [5, 5.41) is 3.08. The predicted octanol–water partition coefficient (Wildman–Crippen LogP) is 4.94. The summed E-state index contributed by atoms with van der Waals surface area (Å²) in [6, 6.07) is 13.9. The zero-order chi connectivity index (χ0) is 20.8. The molecule has 1 amide bonds. The quantitative estimate of drug-likeness (QED) is 0.586. The van der Waals surface area contributed by atoms with Crippen molar-refractivity contribution in [3.63, 3.8) is 0 Å². The van der Waals surface area contributed by atoms with Gasteiger partial charge in [0.2, 0.25) is 5.91 Å². The van der Waals surface area contributed by atoms with Crippen molar-refractivity contribution in [2.45, 2.75) is 32.7 Å². The van der Waals surface area contributed by atoms with Gasteiger partial charge in [0.15, 0.2) is 11.7 Å². The third-order valence-electron chi connectivity index (χ3n) is 4.72. The molecule has 0 fully saturated rings. The first-order valence-electron chi connectivity index (χ1n) is 9.61. The highest BCUT2D eigenvalue weighted by Crippen LogP contribution is 2.25. The molecule has 0 bridgehead atoms. The summed E-state index contributed by atoms with van der Waals surface area (Å²) >= 11 is 0. The van der Waals surface area contributed by atoms with E-state index in [0.717, 1.165) is 11.3 Å². The largest absolute Gasteiger partial charge is 0.497 e. The Morgan fingerprint density at radius 1 is 1.17 bits per heavy atom. The average molecular weight is 396 g/mol. The predicted molar refractivity (Wildman–Crippen MR) is 109 cm³/mol. The van der Waals surface area contributed by atoms with Gasteiger partial charge < -0.3 is 14.5 Å². The van der Waals surface area contributed by atoms with Gasteiger partial charge in [-0.2, -0.15) is 0 Å². The fraction of sp³-hybridized carbons (Fsp3) is 0.304. The van der Waals surface area contributed by atoms with Gasteiger partial charge in [-0.15, -0.1) is 0 Å². The lowest BCUT2D eigenvalue weighted by atomic mass is 9.95. The monoisotopic (exact) mass is 396 g/mol. The molecule has 3 rings (SSSR count). The standard InChI is InChI=1S/C23H25FN2O3/c1-15(2)23(16-8-10-17(28-3)11-9-16)26-21(27)12-13-22-25-14-20(29-22)18-6-4-5-7-19(18)24/h4-11,14-15,23H,12-13H2,1-3H3,(H,26,27). The highest BCUT2D eigenvalue weighted by atomic mass is 19.1. The molecule has 1 N–H and O–H groups in total. The lowest BCUT2D eigenvalue weighted by molar-refractivity contribution is -0.122. The minimum Gasteiger partial charge on any atom is -0.497 e. The number of oxazole rings is 1. The van der Waals surface area contributed by atoms with Crippen LogP contribution in [0.15, 0.2) is 59.1 Å². The number of benzene rings is 2. The molecule has 152 valence electrons. The number of aromatic nitrogens is 1. The van der Waals surface area contributed by atoms with Crippen LogP contribution in [0.1, 0.15) is 37.8 Å². The molecule has 0 saturated carbocycles. The van der Waals surface area contributed by atoms with Gasteiger partial charge in [0.1, 0.15) is 11.6 Å². The number of methoxy groups -OCH3 is 1. The van der Waals surface area contributed by atoms with E-state index in [1.54, 1.807) is 25.3 Å². The summed E-state index contributed by atoms with van der Waals surface area (Å²) in [6.07, 6.45) is 2.06. The van der Waals surface area contributed by atoms with Crippen molar-refractivity contribution in [3.05, 3.63) is 72.0 Å². The van der Waals surface area contributed by atoms with Crippen LogP contribution in [0, 0.1) is 11.7 Å². The van der Waals surface area contributed by atoms with Crippen molar-refractivity contribution < 1.29 is 18.3 Å². The molecule has 0 aliphatic carbocycles. The van der Waals surface area contributed by atoms with E-state index >= 15 is 0 Å². The summed E-state index contributed by atoms with van der Waals surface area (Å²) in [6.45, 7) is 4.12. The first kappa shape index (κ1) is 20.6. The number of carbonyl (C=O) groups excluding carboxylic acids is 1. The van der Waals surface area contributed by atoms with E-state index in [4.69, 9.17) is 9.15 Å². The number of aryl methyl sites for hydroxylation is 1. The molecule has 1 aromatic heterocycles. The zero-order valence-electron chi connectivity index (χ0n) is 16.8. The van der Waals surface area contributed by atoms with Gasteiger partial charge in [-0.05, 0) is 35.7 Å². The number of nitrogens with one attached hydrogen (secondary N) is 1. The van der Waals surface area contributed by atoms with E-state index in [1.807, 2.05) is 24.3 Å². The molecular weight excluding hydrogens is 371 g/mol. The normalized spacial score (nSPS) is 12.0. The van der Waals surface area contributed by atoms with Crippen molar-refractivity contribution >= 4 is 5.91 Å². The molecule has 6 heteroatoms. The van der Waals surface area contributed by atoms with Gasteiger partial charge in [-0.25, -0.2) is 9.37 Å². The van der Waals surface area contributed by atoms with Gasteiger partial charge in [-0.1, -0.05) is 38.1 Å². The maximum atomic E-state index is 13.9. The van der Waals surface area contributed by atoms with Crippen LogP contribution in [-0.2, 0) is 11.2 Å². The van der Waals surface area contributed by atoms with Gasteiger partial charge in [0.25, 0.3) is 0 Å². The molecule has 0 radical (unpaired) electrons. The third kappa shape index (κ3) is 5.22. The third-order valence-corrected chi connectivity index (χ3v) is 4.72. The number of nitrogens with zero attached hydrogens (tertiary/aromatic N) is 1. The second kappa shape index (κ2) is 9.37. The number of halogens is 1. The number of carbonyl (C=O) groups is 1. The van der Waals surface area contributed by atoms with Gasteiger partial charge in [0.05, 0.1) is 24.9 Å². The SMILES string of the molecule is COc1ccc(C(NC(=O)CCc2ncc(-c3ccccc3F)o2)C(C)C)cc1. The van der Waals surface area contributed by atoms with Crippen molar-refractivity contribution in [2.75, 3.05) is 7.11 Å². The summed E-state index contributed by atoms with van der Waals surface area (Å²) in [4.78, 5) is 16.7. The van der Waals surface area contributed by atoms with Crippen molar-refractivity contribution in [1.29, 1.82) is 0 Å². The molecule has 1 unspecified atom stereocenters. The van der Waals surface area contributed by atoms with Crippen LogP contribution in [0.5, 0.6) is 5.75 Å². The van der Waals surface area contributed by atoms with E-state index < -0.39 is 0 Å². The molecule has 29 heavy (non-hydrogen) atoms. The van der Waals surface area contributed by atoms with E-state index in [2.05, 4.69) is 24.1 Å². The van der Waals surface area contributed by atoms with Crippen molar-refractivity contribution in [1.82, 2.24) is 10.3 Å². The Balaban J connectivity index is 1.60. The molecule has 0 saturated heterocycles. The van der Waals surface area contributed by atoms with Crippen LogP contribution in [0.4, 0.5) is 4.39 Å².